The first-order valence-corrected chi connectivity index (χ1v) is 29.0. The Morgan fingerprint density at radius 1 is 0.598 bits per heavy atom. The predicted octanol–water partition coefficient (Wildman–Crippen LogP) is 8.47. The van der Waals surface area contributed by atoms with Crippen LogP contribution < -0.4 is 20.1 Å². The average molecular weight is 1220 g/mol. The Morgan fingerprint density at radius 3 is 1.34 bits per heavy atom. The number of nitrogens with one attached hydrogen (secondary N) is 2. The molecule has 2 aromatic carbocycles. The van der Waals surface area contributed by atoms with E-state index in [1.165, 1.54) is 31.1 Å². The number of hydrogen-bond donors (Lipinski definition) is 3. The number of alkyl carbamates (subject to hydrolysis) is 2. The monoisotopic (exact) mass is 1220 g/mol. The summed E-state index contributed by atoms with van der Waals surface area (Å²) in [4.78, 5) is 99.1. The van der Waals surface area contributed by atoms with E-state index in [0.717, 1.165) is 4.90 Å². The zero-order valence-corrected chi connectivity index (χ0v) is 50.0. The molecule has 6 aliphatic rings. The second-order valence-corrected chi connectivity index (χ2v) is 25.5. The molecule has 10 rings (SSSR count). The minimum absolute atomic E-state index is 0.0837. The van der Waals surface area contributed by atoms with Crippen LogP contribution in [0.2, 0.25) is 0 Å². The number of nitrogens with zero attached hydrogens (tertiary/aromatic N) is 6. The molecule has 3 N–H and O–H groups in total. The van der Waals surface area contributed by atoms with E-state index in [0.29, 0.717) is 61.7 Å². The number of carbonyl (C=O) groups excluding carboxylic acids is 5. The van der Waals surface area contributed by atoms with Gasteiger partial charge in [-0.1, -0.05) is 78.0 Å². The van der Waals surface area contributed by atoms with Crippen LogP contribution in [-0.4, -0.2) is 164 Å². The lowest BCUT2D eigenvalue weighted by Gasteiger charge is -2.35. The number of amides is 4. The number of methoxy groups -OCH3 is 1. The zero-order valence-electron chi connectivity index (χ0n) is 50.0. The van der Waals surface area contributed by atoms with Gasteiger partial charge in [-0.05, 0) is 99.6 Å². The van der Waals surface area contributed by atoms with Crippen molar-refractivity contribution in [3.8, 4) is 11.8 Å². The fraction of sp³-hybridized carbons (Fsp3) is 0.574. The number of esters is 1. The third-order valence-electron chi connectivity index (χ3n) is 16.3. The lowest BCUT2D eigenvalue weighted by atomic mass is 9.85. The molecule has 470 valence electrons. The highest BCUT2D eigenvalue weighted by atomic mass is 19.3. The van der Waals surface area contributed by atoms with E-state index >= 15 is 17.6 Å². The lowest BCUT2D eigenvalue weighted by Crippen LogP contribution is -2.57. The normalized spacial score (nSPS) is 30.4. The molecule has 87 heavy (non-hydrogen) atoms. The Bertz CT molecular complexity index is 3340. The summed E-state index contributed by atoms with van der Waals surface area (Å²) in [6.07, 6.45) is 3.00. The predicted molar refractivity (Wildman–Crippen MR) is 304 cm³/mol. The van der Waals surface area contributed by atoms with Gasteiger partial charge >= 0.3 is 36.0 Å². The molecule has 6 heterocycles. The summed E-state index contributed by atoms with van der Waals surface area (Å²) >= 11 is 0. The van der Waals surface area contributed by atoms with Crippen LogP contribution in [0.15, 0.2) is 72.8 Å². The van der Waals surface area contributed by atoms with Gasteiger partial charge in [-0.3, -0.25) is 9.59 Å². The van der Waals surface area contributed by atoms with Gasteiger partial charge in [0.25, 0.3) is 0 Å². The molecule has 26 heteroatoms. The first-order chi connectivity index (χ1) is 40.9. The minimum atomic E-state index is -3.64. The van der Waals surface area contributed by atoms with Crippen molar-refractivity contribution in [1.29, 1.82) is 0 Å². The Balaban J connectivity index is 0.000000208. The Morgan fingerprint density at radius 2 is 0.966 bits per heavy atom. The number of halogens is 4. The van der Waals surface area contributed by atoms with Crippen molar-refractivity contribution < 1.29 is 84.6 Å². The Kier molecular flexibility index (Phi) is 18.2. The molecular formula is C61H74F4N8O14. The van der Waals surface area contributed by atoms with E-state index in [2.05, 4.69) is 30.6 Å². The number of allylic oxidation sites excluding steroid dienone is 2. The smallest absolute Gasteiger partial charge is 0.408 e. The summed E-state index contributed by atoms with van der Waals surface area (Å²) in [5.74, 6) is -11.4. The summed E-state index contributed by atoms with van der Waals surface area (Å²) < 4.78 is 103. The molecule has 10 atom stereocenters. The third kappa shape index (κ3) is 14.3. The fourth-order valence-corrected chi connectivity index (χ4v) is 11.8. The number of aliphatic carboxylic acids is 1. The van der Waals surface area contributed by atoms with E-state index in [4.69, 9.17) is 33.2 Å². The largest absolute Gasteiger partial charge is 0.480 e. The number of ether oxygens (including phenoxy) is 7. The molecule has 4 amide bonds. The maximum atomic E-state index is 15.8. The van der Waals surface area contributed by atoms with Gasteiger partial charge in [-0.25, -0.2) is 39.1 Å². The van der Waals surface area contributed by atoms with Crippen molar-refractivity contribution in [2.75, 3.05) is 33.4 Å². The van der Waals surface area contributed by atoms with Crippen molar-refractivity contribution in [3.05, 3.63) is 84.2 Å². The number of carboxylic acids is 1. The van der Waals surface area contributed by atoms with Gasteiger partial charge in [-0.15, -0.1) is 0 Å². The topological polar surface area (TPSA) is 269 Å². The van der Waals surface area contributed by atoms with Gasteiger partial charge in [0.15, 0.2) is 11.4 Å². The molecule has 0 unspecified atom stereocenters. The van der Waals surface area contributed by atoms with Crippen LogP contribution in [0.3, 0.4) is 0 Å². The van der Waals surface area contributed by atoms with Crippen molar-refractivity contribution in [1.82, 2.24) is 40.4 Å². The summed E-state index contributed by atoms with van der Waals surface area (Å²) in [6, 6.07) is 8.31. The highest BCUT2D eigenvalue weighted by molar-refractivity contribution is 5.92. The molecule has 2 saturated carbocycles. The number of carbonyl (C=O) groups is 6. The molecule has 4 aliphatic heterocycles. The quantitative estimate of drug-likeness (QED) is 0.0735. The molecule has 0 radical (unpaired) electrons. The molecule has 4 bridgehead atoms. The van der Waals surface area contributed by atoms with Crippen molar-refractivity contribution in [3.63, 3.8) is 0 Å². The van der Waals surface area contributed by atoms with Crippen LogP contribution in [0.5, 0.6) is 11.8 Å². The number of alkyl halides is 4. The number of aromatic nitrogens is 4. The van der Waals surface area contributed by atoms with Gasteiger partial charge in [0.2, 0.25) is 23.6 Å². The summed E-state index contributed by atoms with van der Waals surface area (Å²) in [5.41, 5.74) is -4.77. The number of benzene rings is 2. The van der Waals surface area contributed by atoms with Crippen LogP contribution in [0.25, 0.3) is 22.1 Å². The first kappa shape index (κ1) is 63.8. The van der Waals surface area contributed by atoms with Crippen LogP contribution in [-0.2, 0) is 54.7 Å². The number of carboxylic acid groups (broad SMARTS) is 1. The molecule has 0 spiro atoms. The van der Waals surface area contributed by atoms with E-state index in [1.807, 2.05) is 0 Å². The molecular weight excluding hydrogens is 1140 g/mol. The maximum absolute atomic E-state index is 15.8. The van der Waals surface area contributed by atoms with Crippen LogP contribution in [0.4, 0.5) is 27.2 Å². The fourth-order valence-electron chi connectivity index (χ4n) is 11.8. The van der Waals surface area contributed by atoms with Gasteiger partial charge in [-0.2, -0.15) is 17.6 Å². The van der Waals surface area contributed by atoms with E-state index < -0.39 is 142 Å². The highest BCUT2D eigenvalue weighted by Gasteiger charge is 2.55. The molecule has 2 aliphatic carbocycles. The summed E-state index contributed by atoms with van der Waals surface area (Å²) in [6.45, 7) is 12.9. The number of rotatable bonds is 2. The second kappa shape index (κ2) is 24.8. The van der Waals surface area contributed by atoms with E-state index in [-0.39, 0.29) is 50.2 Å². The Labute approximate surface area is 500 Å². The lowest BCUT2D eigenvalue weighted by molar-refractivity contribution is -0.152. The Hall–Kier alpha value is -7.74. The highest BCUT2D eigenvalue weighted by Crippen LogP contribution is 2.43. The molecule has 2 saturated heterocycles. The van der Waals surface area contributed by atoms with Crippen molar-refractivity contribution in [2.45, 2.75) is 178 Å². The minimum Gasteiger partial charge on any atom is -0.480 e. The first-order valence-electron chi connectivity index (χ1n) is 29.0. The number of fused-ring (bicyclic) bond motifs is 10. The molecule has 2 aromatic heterocycles. The van der Waals surface area contributed by atoms with Gasteiger partial charge in [0.05, 0.1) is 67.7 Å². The molecule has 4 aromatic rings. The van der Waals surface area contributed by atoms with Crippen LogP contribution in [0.1, 0.15) is 118 Å². The van der Waals surface area contributed by atoms with E-state index in [1.54, 1.807) is 97.0 Å². The third-order valence-corrected chi connectivity index (χ3v) is 16.3. The van der Waals surface area contributed by atoms with Crippen LogP contribution >= 0.6 is 0 Å². The van der Waals surface area contributed by atoms with Gasteiger partial charge < -0.3 is 58.7 Å². The number of para-hydroxylation sites is 4. The van der Waals surface area contributed by atoms with Gasteiger partial charge in [0.1, 0.15) is 47.6 Å². The molecule has 4 fully saturated rings. The number of hydrogen-bond acceptors (Lipinski definition) is 17. The van der Waals surface area contributed by atoms with Crippen LogP contribution in [0, 0.1) is 10.8 Å². The molecule has 22 nitrogen and oxygen atoms in total. The summed E-state index contributed by atoms with van der Waals surface area (Å²) in [5, 5.41) is 15.4. The summed E-state index contributed by atoms with van der Waals surface area (Å²) in [7, 11) is 1.19. The van der Waals surface area contributed by atoms with E-state index in [9.17, 15) is 33.9 Å². The standard InChI is InChI=1S/C31H38F2N4O7.C30H36F2N4O7/c1-29(2,3)24-26(38)37-17-30(4,16-20(37)27(39)41-5)44-25-23(34-18-10-6-7-11-19(18)35-25)31(32,33)14-9-15-42-21-12-8-13-22(21)43-28(40)36-24;1-28(2,3)23-25(37)36-16-29(4,15-19(36)26(38)39)43-24-22(33-17-9-5-6-10-18(17)34-24)30(31,32)13-8-14-41-20-11-7-12-21(20)42-27(40)35-23/h6-7,9-11,14,20-22,24H,8,12-13,15-17H2,1-5H3,(H,36,40);5-6,8-10,13,19-21,23H,7,11-12,14-16H2,1-4H3,(H,35,40)(H,38,39)/b14-9+;13-8+/t20-,21+,22+,24+,30+;19-,20+,21+,23+,29+/m00/s1. The maximum Gasteiger partial charge on any atom is 0.408 e. The van der Waals surface area contributed by atoms with Crippen molar-refractivity contribution in [2.24, 2.45) is 10.8 Å². The van der Waals surface area contributed by atoms with Crippen molar-refractivity contribution >= 4 is 58.0 Å². The average Bonchev–Trinajstić information content (AvgIpc) is 1.85. The SMILES string of the molecule is CC(C)(C)[C@@H]1NC(=O)O[C@@H]2CCC[C@H]2OC/C=C/C(F)(F)c2nc3ccccc3nc2O[C@]2(C)C[C@@H](C(=O)O)N(C2)C1=O.COC(=O)[C@@H]1C[C@]2(C)CN1C(=O)[C@H](C(C)(C)C)NC(=O)O[C@@H]1CCC[C@H]1OC/C=C/C(F)(F)c1nc3ccccc3nc1O2. The zero-order chi connectivity index (χ0) is 63.0. The second-order valence-electron chi connectivity index (χ2n) is 25.5. The van der Waals surface area contributed by atoms with Gasteiger partial charge in [0, 0.05) is 12.8 Å².